The average Bonchev–Trinajstić information content (AvgIpc) is 2.44. The van der Waals surface area contributed by atoms with Crippen LogP contribution in [0.2, 0.25) is 0 Å². The van der Waals surface area contributed by atoms with E-state index in [1.807, 2.05) is 13.8 Å². The molecule has 7 heteroatoms. The van der Waals surface area contributed by atoms with Crippen molar-refractivity contribution in [3.8, 4) is 0 Å². The molecule has 1 fully saturated rings. The predicted molar refractivity (Wildman–Crippen MR) is 84.3 cm³/mol. The Morgan fingerprint density at radius 2 is 1.90 bits per heavy atom. The number of carbonyl (C=O) groups is 2. The zero-order chi connectivity index (χ0) is 15.1. The van der Waals surface area contributed by atoms with E-state index in [1.54, 1.807) is 12.0 Å². The lowest BCUT2D eigenvalue weighted by Crippen LogP contribution is -2.49. The second kappa shape index (κ2) is 9.97. The maximum Gasteiger partial charge on any atom is 0.241 e. The van der Waals surface area contributed by atoms with Gasteiger partial charge in [-0.15, -0.1) is 12.4 Å². The molecule has 1 saturated heterocycles. The number of nitrogens with one attached hydrogen (secondary N) is 1. The summed E-state index contributed by atoms with van der Waals surface area (Å²) in [6, 6.07) is -0.560. The second-order valence-electron chi connectivity index (χ2n) is 5.77. The minimum absolute atomic E-state index is 0. The van der Waals surface area contributed by atoms with Crippen LogP contribution in [0.4, 0.5) is 0 Å². The predicted octanol–water partition coefficient (Wildman–Crippen LogP) is 0.393. The molecule has 0 radical (unpaired) electrons. The van der Waals surface area contributed by atoms with Gasteiger partial charge in [0.05, 0.1) is 12.6 Å². The van der Waals surface area contributed by atoms with Gasteiger partial charge in [0.1, 0.15) is 0 Å². The molecule has 0 aromatic carbocycles. The minimum Gasteiger partial charge on any atom is -0.384 e. The van der Waals surface area contributed by atoms with Gasteiger partial charge >= 0.3 is 0 Å². The zero-order valence-corrected chi connectivity index (χ0v) is 13.9. The largest absolute Gasteiger partial charge is 0.384 e. The van der Waals surface area contributed by atoms with Crippen molar-refractivity contribution < 1.29 is 14.3 Å². The van der Waals surface area contributed by atoms with Gasteiger partial charge in [0.15, 0.2) is 0 Å². The number of hydrogen-bond acceptors (Lipinski definition) is 4. The quantitative estimate of drug-likeness (QED) is 0.741. The average molecular weight is 322 g/mol. The molecule has 0 aromatic rings. The van der Waals surface area contributed by atoms with Crippen LogP contribution in [0.15, 0.2) is 0 Å². The molecule has 3 N–H and O–H groups in total. The van der Waals surface area contributed by atoms with E-state index in [2.05, 4.69) is 5.32 Å². The van der Waals surface area contributed by atoms with Crippen molar-refractivity contribution in [1.82, 2.24) is 10.2 Å². The molecule has 0 unspecified atom stereocenters. The lowest BCUT2D eigenvalue weighted by molar-refractivity contribution is -0.134. The number of nitrogens with zero attached hydrogens (tertiary/aromatic N) is 1. The summed E-state index contributed by atoms with van der Waals surface area (Å²) in [6.07, 6.45) is 1.91. The molecule has 0 aromatic heterocycles. The third-order valence-corrected chi connectivity index (χ3v) is 3.80. The van der Waals surface area contributed by atoms with Crippen molar-refractivity contribution in [2.75, 3.05) is 33.4 Å². The summed E-state index contributed by atoms with van der Waals surface area (Å²) in [4.78, 5) is 25.5. The summed E-state index contributed by atoms with van der Waals surface area (Å²) in [5, 5.41) is 2.62. The Labute approximate surface area is 133 Å². The van der Waals surface area contributed by atoms with Gasteiger partial charge in [-0.05, 0) is 24.7 Å². The molecule has 1 heterocycles. The number of likely N-dealkylation sites (tertiary alicyclic amines) is 1. The molecule has 6 nitrogen and oxygen atoms in total. The number of rotatable bonds is 6. The van der Waals surface area contributed by atoms with Crippen LogP contribution in [-0.2, 0) is 14.3 Å². The maximum absolute atomic E-state index is 12.0. The van der Waals surface area contributed by atoms with Crippen LogP contribution in [0.25, 0.3) is 0 Å². The van der Waals surface area contributed by atoms with Gasteiger partial charge in [0.25, 0.3) is 0 Å². The number of methoxy groups -OCH3 is 1. The van der Waals surface area contributed by atoms with Crippen molar-refractivity contribution >= 4 is 24.2 Å². The van der Waals surface area contributed by atoms with Crippen LogP contribution < -0.4 is 11.1 Å². The molecule has 0 saturated carbocycles. The monoisotopic (exact) mass is 321 g/mol. The first-order chi connectivity index (χ1) is 9.45. The van der Waals surface area contributed by atoms with E-state index in [4.69, 9.17) is 10.5 Å². The zero-order valence-electron chi connectivity index (χ0n) is 13.1. The van der Waals surface area contributed by atoms with Gasteiger partial charge in [-0.2, -0.15) is 0 Å². The Balaban J connectivity index is 0.00000400. The van der Waals surface area contributed by atoms with Crippen molar-refractivity contribution in [2.45, 2.75) is 32.7 Å². The Kier molecular flexibility index (Phi) is 9.57. The molecule has 0 spiro atoms. The summed E-state index contributed by atoms with van der Waals surface area (Å²) >= 11 is 0. The number of halogens is 1. The first kappa shape index (κ1) is 20.1. The number of carbonyl (C=O) groups excluding carboxylic acids is 2. The van der Waals surface area contributed by atoms with E-state index >= 15 is 0 Å². The topological polar surface area (TPSA) is 84.7 Å². The lowest BCUT2D eigenvalue weighted by Gasteiger charge is -2.31. The molecule has 2 amide bonds. The summed E-state index contributed by atoms with van der Waals surface area (Å²) in [5.74, 6) is 0.302. The minimum atomic E-state index is -0.560. The standard InChI is InChI=1S/C14H27N3O3.ClH/c1-10(2)13(15)14(19)16-8-12(18)17-6-4-11(5-7-17)9-20-3;/h10-11,13H,4-9,15H2,1-3H3,(H,16,19);1H/t13-;/m0./s1. The van der Waals surface area contributed by atoms with Gasteiger partial charge in [0.2, 0.25) is 11.8 Å². The summed E-state index contributed by atoms with van der Waals surface area (Å²) in [5.41, 5.74) is 5.73. The first-order valence-corrected chi connectivity index (χ1v) is 7.25. The van der Waals surface area contributed by atoms with Crippen LogP contribution >= 0.6 is 12.4 Å². The number of hydrogen-bond donors (Lipinski definition) is 2. The molecule has 1 aliphatic rings. The Bertz CT molecular complexity index is 331. The fourth-order valence-corrected chi connectivity index (χ4v) is 2.28. The van der Waals surface area contributed by atoms with Gasteiger partial charge < -0.3 is 20.7 Å². The van der Waals surface area contributed by atoms with Gasteiger partial charge in [0, 0.05) is 26.8 Å². The van der Waals surface area contributed by atoms with Gasteiger partial charge in [-0.1, -0.05) is 13.8 Å². The summed E-state index contributed by atoms with van der Waals surface area (Å²) in [7, 11) is 1.70. The SMILES string of the molecule is COCC1CCN(C(=O)CNC(=O)[C@@H](N)C(C)C)CC1.Cl. The molecule has 124 valence electrons. The van der Waals surface area contributed by atoms with Crippen molar-refractivity contribution in [3.05, 3.63) is 0 Å². The van der Waals surface area contributed by atoms with E-state index in [0.717, 1.165) is 32.5 Å². The number of nitrogens with two attached hydrogens (primary N) is 1. The molecular formula is C14H28ClN3O3. The molecule has 1 atom stereocenters. The molecule has 0 aliphatic carbocycles. The number of amides is 2. The van der Waals surface area contributed by atoms with Crippen molar-refractivity contribution in [2.24, 2.45) is 17.6 Å². The lowest BCUT2D eigenvalue weighted by atomic mass is 9.98. The van der Waals surface area contributed by atoms with E-state index in [9.17, 15) is 9.59 Å². The van der Waals surface area contributed by atoms with Crippen LogP contribution in [-0.4, -0.2) is 56.1 Å². The van der Waals surface area contributed by atoms with E-state index < -0.39 is 6.04 Å². The molecular weight excluding hydrogens is 294 g/mol. The number of piperidine rings is 1. The molecule has 0 bridgehead atoms. The highest BCUT2D eigenvalue weighted by Crippen LogP contribution is 2.17. The second-order valence-corrected chi connectivity index (χ2v) is 5.77. The molecule has 1 rings (SSSR count). The molecule has 1 aliphatic heterocycles. The highest BCUT2D eigenvalue weighted by molar-refractivity contribution is 5.87. The third kappa shape index (κ3) is 6.63. The third-order valence-electron chi connectivity index (χ3n) is 3.80. The van der Waals surface area contributed by atoms with Gasteiger partial charge in [-0.3, -0.25) is 9.59 Å². The fourth-order valence-electron chi connectivity index (χ4n) is 2.28. The number of ether oxygens (including phenoxy) is 1. The van der Waals surface area contributed by atoms with Crippen molar-refractivity contribution in [3.63, 3.8) is 0 Å². The van der Waals surface area contributed by atoms with Gasteiger partial charge in [-0.25, -0.2) is 0 Å². The van der Waals surface area contributed by atoms with Crippen LogP contribution in [0.1, 0.15) is 26.7 Å². The fraction of sp³-hybridized carbons (Fsp3) is 0.857. The van der Waals surface area contributed by atoms with Crippen molar-refractivity contribution in [1.29, 1.82) is 0 Å². The summed E-state index contributed by atoms with van der Waals surface area (Å²) in [6.45, 7) is 6.02. The van der Waals surface area contributed by atoms with E-state index in [0.29, 0.717) is 5.92 Å². The first-order valence-electron chi connectivity index (χ1n) is 7.25. The smallest absolute Gasteiger partial charge is 0.241 e. The molecule has 21 heavy (non-hydrogen) atoms. The Hall–Kier alpha value is -0.850. The van der Waals surface area contributed by atoms with Crippen LogP contribution in [0, 0.1) is 11.8 Å². The van der Waals surface area contributed by atoms with E-state index in [-0.39, 0.29) is 36.7 Å². The maximum atomic E-state index is 12.0. The van der Waals surface area contributed by atoms with Crippen LogP contribution in [0.5, 0.6) is 0 Å². The Morgan fingerprint density at radius 1 is 1.33 bits per heavy atom. The van der Waals surface area contributed by atoms with E-state index in [1.165, 1.54) is 0 Å². The highest BCUT2D eigenvalue weighted by Gasteiger charge is 2.24. The Morgan fingerprint density at radius 3 is 2.38 bits per heavy atom. The summed E-state index contributed by atoms with van der Waals surface area (Å²) < 4.78 is 5.13. The normalized spacial score (nSPS) is 17.3. The van der Waals surface area contributed by atoms with Crippen LogP contribution in [0.3, 0.4) is 0 Å². The highest BCUT2D eigenvalue weighted by atomic mass is 35.5.